The SMILES string of the molecule is O=S(=O)(Nc1ccc(Br)cc1F)c1ccc(CO)c(Cl)c1. The molecule has 0 aliphatic rings. The molecular weight excluding hydrogens is 385 g/mol. The molecule has 4 nitrogen and oxygen atoms in total. The Hall–Kier alpha value is -1.15. The van der Waals surface area contributed by atoms with E-state index in [1.807, 2.05) is 0 Å². The monoisotopic (exact) mass is 393 g/mol. The van der Waals surface area contributed by atoms with Crippen LogP contribution in [0.25, 0.3) is 0 Å². The van der Waals surface area contributed by atoms with Gasteiger partial charge in [0.05, 0.1) is 17.2 Å². The van der Waals surface area contributed by atoms with Crippen molar-refractivity contribution < 1.29 is 17.9 Å². The van der Waals surface area contributed by atoms with Crippen molar-refractivity contribution in [3.05, 3.63) is 57.3 Å². The molecule has 8 heteroatoms. The van der Waals surface area contributed by atoms with Gasteiger partial charge in [0, 0.05) is 9.50 Å². The topological polar surface area (TPSA) is 66.4 Å². The van der Waals surface area contributed by atoms with E-state index in [2.05, 4.69) is 20.7 Å². The summed E-state index contributed by atoms with van der Waals surface area (Å²) in [5, 5.41) is 9.13. The lowest BCUT2D eigenvalue weighted by Gasteiger charge is -2.10. The molecule has 0 heterocycles. The number of aliphatic hydroxyl groups is 1. The van der Waals surface area contributed by atoms with Crippen molar-refractivity contribution >= 4 is 43.2 Å². The van der Waals surface area contributed by atoms with Gasteiger partial charge in [-0.2, -0.15) is 0 Å². The maximum Gasteiger partial charge on any atom is 0.262 e. The van der Waals surface area contributed by atoms with E-state index >= 15 is 0 Å². The Labute approximate surface area is 134 Å². The number of hydrogen-bond acceptors (Lipinski definition) is 3. The van der Waals surface area contributed by atoms with Gasteiger partial charge in [-0.1, -0.05) is 33.6 Å². The van der Waals surface area contributed by atoms with E-state index in [-0.39, 0.29) is 22.2 Å². The number of hydrogen-bond donors (Lipinski definition) is 2. The number of sulfonamides is 1. The molecule has 0 saturated carbocycles. The molecule has 0 aromatic heterocycles. The highest BCUT2D eigenvalue weighted by Crippen LogP contribution is 2.25. The minimum absolute atomic E-state index is 0.119. The van der Waals surface area contributed by atoms with Gasteiger partial charge in [-0.3, -0.25) is 4.72 Å². The van der Waals surface area contributed by atoms with Crippen molar-refractivity contribution in [2.45, 2.75) is 11.5 Å². The first-order valence-corrected chi connectivity index (χ1v) is 8.36. The van der Waals surface area contributed by atoms with Crippen molar-refractivity contribution in [1.82, 2.24) is 0 Å². The van der Waals surface area contributed by atoms with E-state index in [0.717, 1.165) is 6.07 Å². The maximum absolute atomic E-state index is 13.7. The lowest BCUT2D eigenvalue weighted by Crippen LogP contribution is -2.14. The molecular formula is C13H10BrClFNO3S. The quantitative estimate of drug-likeness (QED) is 0.833. The molecule has 2 aromatic rings. The van der Waals surface area contributed by atoms with Crippen LogP contribution in [0.15, 0.2) is 45.8 Å². The predicted molar refractivity (Wildman–Crippen MR) is 82.3 cm³/mol. The summed E-state index contributed by atoms with van der Waals surface area (Å²) in [6.45, 7) is -0.298. The van der Waals surface area contributed by atoms with E-state index in [0.29, 0.717) is 10.0 Å². The van der Waals surface area contributed by atoms with E-state index in [9.17, 15) is 12.8 Å². The van der Waals surface area contributed by atoms with Gasteiger partial charge in [0.25, 0.3) is 10.0 Å². The van der Waals surface area contributed by atoms with Crippen LogP contribution in [0.3, 0.4) is 0 Å². The van der Waals surface area contributed by atoms with E-state index in [1.165, 1.54) is 30.3 Å². The number of aliphatic hydroxyl groups excluding tert-OH is 1. The second-order valence-corrected chi connectivity index (χ2v) is 7.15. The zero-order valence-electron chi connectivity index (χ0n) is 10.5. The van der Waals surface area contributed by atoms with E-state index < -0.39 is 15.8 Å². The average Bonchev–Trinajstić information content (AvgIpc) is 2.42. The molecule has 0 saturated heterocycles. The minimum atomic E-state index is -3.97. The van der Waals surface area contributed by atoms with Gasteiger partial charge >= 0.3 is 0 Å². The molecule has 0 aliphatic heterocycles. The Morgan fingerprint density at radius 2 is 1.95 bits per heavy atom. The average molecular weight is 395 g/mol. The van der Waals surface area contributed by atoms with Crippen LogP contribution in [-0.2, 0) is 16.6 Å². The molecule has 0 amide bonds. The summed E-state index contributed by atoms with van der Waals surface area (Å²) in [5.74, 6) is -0.703. The lowest BCUT2D eigenvalue weighted by molar-refractivity contribution is 0.282. The number of rotatable bonds is 4. The first kappa shape index (κ1) is 16.2. The van der Waals surface area contributed by atoms with Crippen LogP contribution in [0.4, 0.5) is 10.1 Å². The smallest absolute Gasteiger partial charge is 0.262 e. The van der Waals surface area contributed by atoms with E-state index in [4.69, 9.17) is 16.7 Å². The summed E-state index contributed by atoms with van der Waals surface area (Å²) in [7, 11) is -3.97. The van der Waals surface area contributed by atoms with Crippen molar-refractivity contribution in [2.24, 2.45) is 0 Å². The van der Waals surface area contributed by atoms with E-state index in [1.54, 1.807) is 0 Å². The Morgan fingerprint density at radius 3 is 2.52 bits per heavy atom. The van der Waals surface area contributed by atoms with Crippen LogP contribution in [0, 0.1) is 5.82 Å². The fraction of sp³-hybridized carbons (Fsp3) is 0.0769. The molecule has 0 bridgehead atoms. The summed E-state index contributed by atoms with van der Waals surface area (Å²) < 4.78 is 40.7. The Morgan fingerprint density at radius 1 is 1.24 bits per heavy atom. The standard InChI is InChI=1S/C13H10BrClFNO3S/c14-9-2-4-13(12(16)5-9)17-21(19,20)10-3-1-8(7-18)11(15)6-10/h1-6,17-18H,7H2. The maximum atomic E-state index is 13.7. The highest BCUT2D eigenvalue weighted by atomic mass is 79.9. The third kappa shape index (κ3) is 3.74. The van der Waals surface area contributed by atoms with Gasteiger partial charge in [-0.05, 0) is 35.9 Å². The van der Waals surface area contributed by atoms with Crippen LogP contribution >= 0.6 is 27.5 Å². The predicted octanol–water partition coefficient (Wildman–Crippen LogP) is 3.53. The molecule has 0 atom stereocenters. The molecule has 2 N–H and O–H groups in total. The van der Waals surface area contributed by atoms with Crippen molar-refractivity contribution in [3.8, 4) is 0 Å². The fourth-order valence-corrected chi connectivity index (χ4v) is 3.33. The normalized spacial score (nSPS) is 11.4. The first-order chi connectivity index (χ1) is 9.83. The summed E-state index contributed by atoms with van der Waals surface area (Å²) in [6, 6.07) is 7.86. The molecule has 0 spiro atoms. The fourth-order valence-electron chi connectivity index (χ4n) is 1.60. The van der Waals surface area contributed by atoms with Crippen molar-refractivity contribution in [3.63, 3.8) is 0 Å². The summed E-state index contributed by atoms with van der Waals surface area (Å²) in [5.41, 5.74) is 0.242. The van der Waals surface area contributed by atoms with Crippen LogP contribution in [0.1, 0.15) is 5.56 Å². The molecule has 2 aromatic carbocycles. The van der Waals surface area contributed by atoms with Gasteiger partial charge in [-0.25, -0.2) is 12.8 Å². The van der Waals surface area contributed by atoms with Crippen LogP contribution in [0.5, 0.6) is 0 Å². The highest BCUT2D eigenvalue weighted by molar-refractivity contribution is 9.10. The van der Waals surface area contributed by atoms with Gasteiger partial charge in [0.1, 0.15) is 5.82 Å². The number of halogens is 3. The molecule has 21 heavy (non-hydrogen) atoms. The molecule has 0 unspecified atom stereocenters. The zero-order chi connectivity index (χ0) is 15.6. The minimum Gasteiger partial charge on any atom is -0.392 e. The van der Waals surface area contributed by atoms with Crippen LogP contribution < -0.4 is 4.72 Å². The molecule has 0 radical (unpaired) electrons. The Kier molecular flexibility index (Phi) is 4.88. The summed E-state index contributed by atoms with van der Waals surface area (Å²) in [6.07, 6.45) is 0. The van der Waals surface area contributed by atoms with Gasteiger partial charge in [0.15, 0.2) is 0 Å². The number of benzene rings is 2. The second kappa shape index (κ2) is 6.31. The highest BCUT2D eigenvalue weighted by Gasteiger charge is 2.17. The second-order valence-electron chi connectivity index (χ2n) is 4.14. The molecule has 0 fully saturated rings. The Balaban J connectivity index is 2.36. The van der Waals surface area contributed by atoms with Crippen LogP contribution in [-0.4, -0.2) is 13.5 Å². The third-order valence-electron chi connectivity index (χ3n) is 2.68. The molecule has 112 valence electrons. The summed E-state index contributed by atoms with van der Waals surface area (Å²) >= 11 is 8.95. The van der Waals surface area contributed by atoms with Crippen molar-refractivity contribution in [2.75, 3.05) is 4.72 Å². The lowest BCUT2D eigenvalue weighted by atomic mass is 10.2. The molecule has 2 rings (SSSR count). The van der Waals surface area contributed by atoms with Crippen LogP contribution in [0.2, 0.25) is 5.02 Å². The van der Waals surface area contributed by atoms with Crippen molar-refractivity contribution in [1.29, 1.82) is 0 Å². The largest absolute Gasteiger partial charge is 0.392 e. The Bertz CT molecular complexity index is 783. The number of anilines is 1. The zero-order valence-corrected chi connectivity index (χ0v) is 13.6. The third-order valence-corrected chi connectivity index (χ3v) is 4.89. The summed E-state index contributed by atoms with van der Waals surface area (Å²) in [4.78, 5) is -0.119. The number of nitrogens with one attached hydrogen (secondary N) is 1. The first-order valence-electron chi connectivity index (χ1n) is 5.70. The van der Waals surface area contributed by atoms with Gasteiger partial charge in [-0.15, -0.1) is 0 Å². The van der Waals surface area contributed by atoms with Gasteiger partial charge < -0.3 is 5.11 Å². The molecule has 0 aliphatic carbocycles. The van der Waals surface area contributed by atoms with Gasteiger partial charge in [0.2, 0.25) is 0 Å².